The third-order valence-electron chi connectivity index (χ3n) is 3.67. The molecular formula is C14H30N2O. The fraction of sp³-hybridized carbons (Fsp3) is 1.00. The predicted molar refractivity (Wildman–Crippen MR) is 73.4 cm³/mol. The molecule has 0 spiro atoms. The van der Waals surface area contributed by atoms with Crippen LogP contribution < -0.4 is 5.32 Å². The van der Waals surface area contributed by atoms with E-state index in [1.54, 1.807) is 0 Å². The molecule has 3 nitrogen and oxygen atoms in total. The highest BCUT2D eigenvalue weighted by atomic mass is 16.5. The molecule has 2 unspecified atom stereocenters. The summed E-state index contributed by atoms with van der Waals surface area (Å²) in [6.45, 7) is 15.3. The van der Waals surface area contributed by atoms with Gasteiger partial charge in [-0.05, 0) is 26.2 Å². The first-order valence-electron chi connectivity index (χ1n) is 7.13. The molecule has 17 heavy (non-hydrogen) atoms. The van der Waals surface area contributed by atoms with E-state index in [2.05, 4.69) is 44.8 Å². The number of hydrogen-bond donors (Lipinski definition) is 1. The largest absolute Gasteiger partial charge is 0.377 e. The van der Waals surface area contributed by atoms with Crippen LogP contribution in [0.15, 0.2) is 0 Å². The highest BCUT2D eigenvalue weighted by Crippen LogP contribution is 2.14. The van der Waals surface area contributed by atoms with E-state index in [4.69, 9.17) is 4.74 Å². The minimum Gasteiger partial charge on any atom is -0.377 e. The summed E-state index contributed by atoms with van der Waals surface area (Å²) in [5.41, 5.74) is 0. The Bertz CT molecular complexity index is 206. The van der Waals surface area contributed by atoms with Crippen molar-refractivity contribution in [3.63, 3.8) is 0 Å². The lowest BCUT2D eigenvalue weighted by molar-refractivity contribution is 0.0320. The highest BCUT2D eigenvalue weighted by Gasteiger charge is 2.27. The Kier molecular flexibility index (Phi) is 6.45. The number of piperazine rings is 1. The average molecular weight is 242 g/mol. The number of hydrogen-bond acceptors (Lipinski definition) is 3. The molecule has 1 rings (SSSR count). The Hall–Kier alpha value is -0.120. The van der Waals surface area contributed by atoms with Gasteiger partial charge in [-0.15, -0.1) is 0 Å². The molecule has 1 heterocycles. The van der Waals surface area contributed by atoms with E-state index >= 15 is 0 Å². The van der Waals surface area contributed by atoms with Crippen LogP contribution in [0.3, 0.4) is 0 Å². The van der Waals surface area contributed by atoms with Gasteiger partial charge >= 0.3 is 0 Å². The molecule has 0 radical (unpaired) electrons. The molecule has 1 fully saturated rings. The summed E-state index contributed by atoms with van der Waals surface area (Å²) in [6, 6.07) is 1.32. The number of nitrogens with zero attached hydrogens (tertiary/aromatic N) is 1. The molecule has 1 N–H and O–H groups in total. The van der Waals surface area contributed by atoms with Gasteiger partial charge in [-0.3, -0.25) is 4.90 Å². The van der Waals surface area contributed by atoms with Crippen LogP contribution in [-0.4, -0.2) is 49.3 Å². The zero-order chi connectivity index (χ0) is 12.8. The van der Waals surface area contributed by atoms with Crippen molar-refractivity contribution in [1.29, 1.82) is 0 Å². The van der Waals surface area contributed by atoms with Gasteiger partial charge in [0.25, 0.3) is 0 Å². The van der Waals surface area contributed by atoms with Crippen LogP contribution in [0.5, 0.6) is 0 Å². The molecule has 3 heteroatoms. The summed E-state index contributed by atoms with van der Waals surface area (Å²) < 4.78 is 5.67. The average Bonchev–Trinajstić information content (AvgIpc) is 2.28. The molecule has 0 saturated carbocycles. The molecule has 0 aromatic rings. The Balaban J connectivity index is 2.40. The quantitative estimate of drug-likeness (QED) is 0.772. The maximum Gasteiger partial charge on any atom is 0.0597 e. The van der Waals surface area contributed by atoms with Crippen LogP contribution in [0.25, 0.3) is 0 Å². The van der Waals surface area contributed by atoms with Crippen LogP contribution in [0.2, 0.25) is 0 Å². The SMILES string of the molecule is CCC1CNC(C(C)C)CN1CCOC(C)C. The molecule has 0 bridgehead atoms. The zero-order valence-electron chi connectivity index (χ0n) is 12.2. The van der Waals surface area contributed by atoms with Gasteiger partial charge in [0.2, 0.25) is 0 Å². The van der Waals surface area contributed by atoms with E-state index in [0.717, 1.165) is 26.2 Å². The van der Waals surface area contributed by atoms with Gasteiger partial charge in [0.05, 0.1) is 12.7 Å². The zero-order valence-corrected chi connectivity index (χ0v) is 12.2. The van der Waals surface area contributed by atoms with Crippen molar-refractivity contribution in [3.05, 3.63) is 0 Å². The maximum atomic E-state index is 5.67. The van der Waals surface area contributed by atoms with Gasteiger partial charge in [0.1, 0.15) is 0 Å². The molecule has 1 aliphatic rings. The number of rotatable bonds is 6. The van der Waals surface area contributed by atoms with Crippen LogP contribution in [-0.2, 0) is 4.74 Å². The molecule has 0 amide bonds. The summed E-state index contributed by atoms with van der Waals surface area (Å²) in [5, 5.41) is 3.67. The highest BCUT2D eigenvalue weighted by molar-refractivity contribution is 4.86. The second-order valence-electron chi connectivity index (χ2n) is 5.74. The second-order valence-corrected chi connectivity index (χ2v) is 5.74. The topological polar surface area (TPSA) is 24.5 Å². The summed E-state index contributed by atoms with van der Waals surface area (Å²) in [5.74, 6) is 0.710. The van der Waals surface area contributed by atoms with Crippen molar-refractivity contribution in [1.82, 2.24) is 10.2 Å². The monoisotopic (exact) mass is 242 g/mol. The Labute approximate surface area is 107 Å². The predicted octanol–water partition coefficient (Wildman–Crippen LogP) is 2.12. The molecule has 1 saturated heterocycles. The number of nitrogens with one attached hydrogen (secondary N) is 1. The lowest BCUT2D eigenvalue weighted by Gasteiger charge is -2.41. The van der Waals surface area contributed by atoms with E-state index in [1.165, 1.54) is 6.42 Å². The lowest BCUT2D eigenvalue weighted by Crippen LogP contribution is -2.58. The van der Waals surface area contributed by atoms with Crippen LogP contribution in [0, 0.1) is 5.92 Å². The van der Waals surface area contributed by atoms with E-state index in [9.17, 15) is 0 Å². The van der Waals surface area contributed by atoms with Crippen molar-refractivity contribution < 1.29 is 4.74 Å². The molecule has 1 aliphatic heterocycles. The summed E-state index contributed by atoms with van der Waals surface area (Å²) in [4.78, 5) is 2.60. The Morgan fingerprint density at radius 1 is 1.29 bits per heavy atom. The molecular weight excluding hydrogens is 212 g/mol. The summed E-state index contributed by atoms with van der Waals surface area (Å²) in [6.07, 6.45) is 1.57. The molecule has 102 valence electrons. The first-order chi connectivity index (χ1) is 8.04. The molecule has 0 aliphatic carbocycles. The fourth-order valence-electron chi connectivity index (χ4n) is 2.41. The second kappa shape index (κ2) is 7.34. The van der Waals surface area contributed by atoms with E-state index in [0.29, 0.717) is 24.1 Å². The minimum absolute atomic E-state index is 0.346. The van der Waals surface area contributed by atoms with Gasteiger partial charge in [0, 0.05) is 31.7 Å². The van der Waals surface area contributed by atoms with Gasteiger partial charge in [-0.1, -0.05) is 20.8 Å². The van der Waals surface area contributed by atoms with Gasteiger partial charge < -0.3 is 10.1 Å². The normalized spacial score (nSPS) is 27.0. The van der Waals surface area contributed by atoms with Crippen LogP contribution in [0.4, 0.5) is 0 Å². The minimum atomic E-state index is 0.346. The third kappa shape index (κ3) is 4.94. The summed E-state index contributed by atoms with van der Waals surface area (Å²) in [7, 11) is 0. The van der Waals surface area contributed by atoms with Crippen molar-refractivity contribution in [2.75, 3.05) is 26.2 Å². The molecule has 2 atom stereocenters. The van der Waals surface area contributed by atoms with Crippen molar-refractivity contribution in [2.45, 2.75) is 59.2 Å². The van der Waals surface area contributed by atoms with Crippen molar-refractivity contribution in [2.24, 2.45) is 5.92 Å². The number of ether oxygens (including phenoxy) is 1. The molecule has 0 aromatic heterocycles. The van der Waals surface area contributed by atoms with E-state index in [1.807, 2.05) is 0 Å². The van der Waals surface area contributed by atoms with E-state index < -0.39 is 0 Å². The Morgan fingerprint density at radius 2 is 2.00 bits per heavy atom. The van der Waals surface area contributed by atoms with Gasteiger partial charge in [-0.25, -0.2) is 0 Å². The van der Waals surface area contributed by atoms with Crippen molar-refractivity contribution >= 4 is 0 Å². The van der Waals surface area contributed by atoms with Crippen LogP contribution >= 0.6 is 0 Å². The van der Waals surface area contributed by atoms with Crippen LogP contribution in [0.1, 0.15) is 41.0 Å². The first-order valence-corrected chi connectivity index (χ1v) is 7.13. The van der Waals surface area contributed by atoms with Crippen molar-refractivity contribution in [3.8, 4) is 0 Å². The summed E-state index contributed by atoms with van der Waals surface area (Å²) >= 11 is 0. The lowest BCUT2D eigenvalue weighted by atomic mass is 9.98. The van der Waals surface area contributed by atoms with Gasteiger partial charge in [-0.2, -0.15) is 0 Å². The standard InChI is InChI=1S/C14H30N2O/c1-6-13-9-15-14(11(2)3)10-16(13)7-8-17-12(4)5/h11-15H,6-10H2,1-5H3. The third-order valence-corrected chi connectivity index (χ3v) is 3.67. The molecule has 0 aromatic carbocycles. The first kappa shape index (κ1) is 14.9. The fourth-order valence-corrected chi connectivity index (χ4v) is 2.41. The smallest absolute Gasteiger partial charge is 0.0597 e. The van der Waals surface area contributed by atoms with Gasteiger partial charge in [0.15, 0.2) is 0 Å². The van der Waals surface area contributed by atoms with E-state index in [-0.39, 0.29) is 0 Å². The Morgan fingerprint density at radius 3 is 2.53 bits per heavy atom. The maximum absolute atomic E-state index is 5.67.